The molecule has 0 fully saturated rings. The zero-order valence-electron chi connectivity index (χ0n) is 36.2. The second-order valence-electron chi connectivity index (χ2n) is 12.5. The summed E-state index contributed by atoms with van der Waals surface area (Å²) in [4.78, 5) is 14.3. The van der Waals surface area contributed by atoms with E-state index in [-0.39, 0.29) is 46.2 Å². The lowest BCUT2D eigenvalue weighted by atomic mass is 9.62. The van der Waals surface area contributed by atoms with Gasteiger partial charge in [0.25, 0.3) is 0 Å². The first-order chi connectivity index (χ1) is 28.9. The van der Waals surface area contributed by atoms with Gasteiger partial charge in [0, 0.05) is 27.8 Å². The molecule has 0 bridgehead atoms. The lowest BCUT2D eigenvalue weighted by Crippen LogP contribution is -2.34. The van der Waals surface area contributed by atoms with Crippen LogP contribution in [0.15, 0.2) is 170 Å². The molecule has 4 nitrogen and oxygen atoms in total. The van der Waals surface area contributed by atoms with Crippen LogP contribution in [0.1, 0.15) is 40.2 Å². The Kier molecular flexibility index (Phi) is 4.82. The Bertz CT molecular complexity index is 2980. The number of ether oxygens (including phenoxy) is 1. The van der Waals surface area contributed by atoms with Crippen LogP contribution in [0.4, 0.5) is 0 Å². The van der Waals surface area contributed by atoms with E-state index in [1.807, 2.05) is 78.9 Å². The summed E-state index contributed by atoms with van der Waals surface area (Å²) < 4.78 is 84.3. The summed E-state index contributed by atoms with van der Waals surface area (Å²) in [6, 6.07) is 34.2. The van der Waals surface area contributed by atoms with E-state index in [4.69, 9.17) is 27.0 Å². The van der Waals surface area contributed by atoms with Gasteiger partial charge in [-0.05, 0) is 64.5 Å². The second kappa shape index (κ2) is 11.5. The monoisotopic (exact) mass is 662 g/mol. The van der Waals surface area contributed by atoms with Crippen LogP contribution in [0.2, 0.25) is 0 Å². The van der Waals surface area contributed by atoms with Crippen molar-refractivity contribution in [2.75, 3.05) is 0 Å². The zero-order chi connectivity index (χ0) is 41.8. The molecule has 240 valence electrons. The van der Waals surface area contributed by atoms with Gasteiger partial charge in [0.1, 0.15) is 11.5 Å². The van der Waals surface area contributed by atoms with E-state index in [0.717, 1.165) is 44.5 Å². The molecule has 7 aromatic carbocycles. The SMILES string of the molecule is [2H]c1c([2H])c([2H])c(-c2nc(-c3ccc4c(c3)C3(c5ccccc5Oc5ccccc53)c3ccccc3-c3ccccc3-4)nc(-c3c([2H])c([2H])c([2H])c(C)c3[2H])n2)c([2H])c1[2H]. The number of fused-ring (bicyclic) bond motifs is 11. The van der Waals surface area contributed by atoms with Gasteiger partial charge < -0.3 is 4.74 Å². The molecule has 0 saturated heterocycles. The van der Waals surface area contributed by atoms with Crippen LogP contribution in [-0.4, -0.2) is 15.0 Å². The molecular formula is C47H31N3O. The van der Waals surface area contributed by atoms with Gasteiger partial charge >= 0.3 is 0 Å². The fourth-order valence-electron chi connectivity index (χ4n) is 7.59. The summed E-state index contributed by atoms with van der Waals surface area (Å²) >= 11 is 0. The Morgan fingerprint density at radius 3 is 1.69 bits per heavy atom. The van der Waals surface area contributed by atoms with E-state index in [1.54, 1.807) is 0 Å². The van der Waals surface area contributed by atoms with Crippen molar-refractivity contribution in [1.29, 1.82) is 0 Å². The van der Waals surface area contributed by atoms with Gasteiger partial charge in [-0.1, -0.05) is 151 Å². The molecule has 0 amide bonds. The molecule has 0 unspecified atom stereocenters. The van der Waals surface area contributed by atoms with Gasteiger partial charge in [0.05, 0.1) is 17.8 Å². The molecule has 51 heavy (non-hydrogen) atoms. The maximum Gasteiger partial charge on any atom is 0.164 e. The summed E-state index contributed by atoms with van der Waals surface area (Å²) in [6.45, 7) is 1.51. The lowest BCUT2D eigenvalue weighted by Gasteiger charge is -2.42. The smallest absolute Gasteiger partial charge is 0.164 e. The highest BCUT2D eigenvalue weighted by Gasteiger charge is 2.49. The Morgan fingerprint density at radius 1 is 0.471 bits per heavy atom. The van der Waals surface area contributed by atoms with E-state index >= 15 is 0 Å². The number of rotatable bonds is 3. The number of para-hydroxylation sites is 2. The van der Waals surface area contributed by atoms with E-state index < -0.39 is 47.7 Å². The fourth-order valence-corrected chi connectivity index (χ4v) is 7.59. The first-order valence-corrected chi connectivity index (χ1v) is 16.5. The van der Waals surface area contributed by atoms with Crippen molar-refractivity contribution in [3.8, 4) is 67.9 Å². The molecule has 8 aromatic rings. The van der Waals surface area contributed by atoms with Crippen LogP contribution in [0.3, 0.4) is 0 Å². The Labute approximate surface area is 309 Å². The van der Waals surface area contributed by atoms with E-state index in [0.29, 0.717) is 17.1 Å². The molecule has 1 aliphatic carbocycles. The quantitative estimate of drug-likeness (QED) is 0.189. The number of hydrogen-bond donors (Lipinski definition) is 0. The third kappa shape index (κ3) is 4.50. The lowest BCUT2D eigenvalue weighted by molar-refractivity contribution is 0.435. The molecular weight excluding hydrogens is 623 g/mol. The van der Waals surface area contributed by atoms with Crippen molar-refractivity contribution in [3.05, 3.63) is 197 Å². The van der Waals surface area contributed by atoms with Crippen molar-refractivity contribution < 1.29 is 17.1 Å². The van der Waals surface area contributed by atoms with Gasteiger partial charge in [-0.25, -0.2) is 15.0 Å². The Hall–Kier alpha value is -6.65. The predicted octanol–water partition coefficient (Wildman–Crippen LogP) is 11.3. The second-order valence-corrected chi connectivity index (χ2v) is 12.5. The number of hydrogen-bond acceptors (Lipinski definition) is 4. The van der Waals surface area contributed by atoms with Crippen LogP contribution in [0.25, 0.3) is 56.4 Å². The van der Waals surface area contributed by atoms with Crippen LogP contribution in [-0.2, 0) is 5.41 Å². The normalized spacial score (nSPS) is 15.6. The van der Waals surface area contributed by atoms with Crippen molar-refractivity contribution in [2.45, 2.75) is 12.3 Å². The molecule has 10 rings (SSSR count). The molecule has 0 radical (unpaired) electrons. The average molecular weight is 663 g/mol. The highest BCUT2D eigenvalue weighted by atomic mass is 16.5. The molecule has 4 heteroatoms. The van der Waals surface area contributed by atoms with Crippen molar-refractivity contribution >= 4 is 0 Å². The molecule has 2 heterocycles. The van der Waals surface area contributed by atoms with Gasteiger partial charge in [0.15, 0.2) is 17.5 Å². The highest BCUT2D eigenvalue weighted by Crippen LogP contribution is 2.61. The maximum absolute atomic E-state index is 9.00. The van der Waals surface area contributed by atoms with Crippen LogP contribution in [0.5, 0.6) is 11.5 Å². The molecule has 2 aliphatic rings. The molecule has 0 saturated carbocycles. The summed E-state index contributed by atoms with van der Waals surface area (Å²) in [6.07, 6.45) is 0. The minimum absolute atomic E-state index is 0.0390. The van der Waals surface area contributed by atoms with Gasteiger partial charge in [0.2, 0.25) is 0 Å². The first kappa shape index (κ1) is 21.4. The Balaban J connectivity index is 1.35. The van der Waals surface area contributed by atoms with Crippen LogP contribution >= 0.6 is 0 Å². The first-order valence-electron chi connectivity index (χ1n) is 21.0. The minimum atomic E-state index is -0.970. The summed E-state index contributed by atoms with van der Waals surface area (Å²) in [5.41, 5.74) is 6.91. The zero-order valence-corrected chi connectivity index (χ0v) is 27.2. The van der Waals surface area contributed by atoms with Gasteiger partial charge in [-0.3, -0.25) is 0 Å². The van der Waals surface area contributed by atoms with Gasteiger partial charge in [-0.15, -0.1) is 0 Å². The summed E-state index contributed by atoms with van der Waals surface area (Å²) in [5.74, 6) is 0.925. The van der Waals surface area contributed by atoms with Crippen molar-refractivity contribution in [2.24, 2.45) is 0 Å². The summed E-state index contributed by atoms with van der Waals surface area (Å²) in [5, 5.41) is 0. The highest BCUT2D eigenvalue weighted by molar-refractivity contribution is 5.94. The van der Waals surface area contributed by atoms with Crippen LogP contribution in [0, 0.1) is 6.92 Å². The maximum atomic E-state index is 9.00. The third-order valence-corrected chi connectivity index (χ3v) is 9.65. The predicted molar refractivity (Wildman–Crippen MR) is 204 cm³/mol. The molecule has 0 N–H and O–H groups in total. The fraction of sp³-hybridized carbons (Fsp3) is 0.0426. The Morgan fingerprint density at radius 2 is 1.00 bits per heavy atom. The molecule has 1 aromatic heterocycles. The van der Waals surface area contributed by atoms with Crippen molar-refractivity contribution in [3.63, 3.8) is 0 Å². The molecule has 1 aliphatic heterocycles. The van der Waals surface area contributed by atoms with E-state index in [2.05, 4.69) is 41.4 Å². The number of aromatic nitrogens is 3. The third-order valence-electron chi connectivity index (χ3n) is 9.65. The van der Waals surface area contributed by atoms with E-state index in [1.165, 1.54) is 6.92 Å². The minimum Gasteiger partial charge on any atom is -0.457 e. The largest absolute Gasteiger partial charge is 0.457 e. The number of benzene rings is 7. The van der Waals surface area contributed by atoms with Crippen LogP contribution < -0.4 is 4.74 Å². The van der Waals surface area contributed by atoms with Gasteiger partial charge in [-0.2, -0.15) is 0 Å². The standard InChI is InChI=1S/C47H31N3O/c1-30-14-13-17-32(28-30)45-48-44(31-15-3-2-4-16-31)49-46(50-45)33-26-27-37-35-19-6-5-18-34(35)36-20-7-8-21-38(36)47(41(37)29-33)39-22-9-11-24-42(39)51-43-25-12-10-23-40(43)47/h2-29H,1H3/i2D,3D,4D,13D,14D,15D,16D,17D,28D. The van der Waals surface area contributed by atoms with Crippen molar-refractivity contribution in [1.82, 2.24) is 15.0 Å². The molecule has 0 atom stereocenters. The van der Waals surface area contributed by atoms with E-state index in [9.17, 15) is 0 Å². The average Bonchev–Trinajstić information content (AvgIpc) is 3.38. The summed E-state index contributed by atoms with van der Waals surface area (Å²) in [7, 11) is 0. The number of nitrogens with zero attached hydrogens (tertiary/aromatic N) is 3. The molecule has 1 spiro atoms. The topological polar surface area (TPSA) is 47.9 Å².